The molecule has 2 heterocycles. The third-order valence-corrected chi connectivity index (χ3v) is 6.15. The van der Waals surface area contributed by atoms with Crippen molar-refractivity contribution in [1.82, 2.24) is 9.71 Å². The van der Waals surface area contributed by atoms with E-state index in [0.717, 1.165) is 11.3 Å². The highest BCUT2D eigenvalue weighted by atomic mass is 32.2. The zero-order chi connectivity index (χ0) is 20.5. The van der Waals surface area contributed by atoms with Gasteiger partial charge in [-0.25, -0.2) is 18.1 Å². The van der Waals surface area contributed by atoms with Crippen LogP contribution in [-0.4, -0.2) is 26.4 Å². The zero-order valence-electron chi connectivity index (χ0n) is 15.9. The molecule has 0 unspecified atom stereocenters. The van der Waals surface area contributed by atoms with Gasteiger partial charge in [0.15, 0.2) is 10.9 Å². The number of hydrogen-bond acceptors (Lipinski definition) is 6. The van der Waals surface area contributed by atoms with Crippen LogP contribution in [0, 0.1) is 0 Å². The summed E-state index contributed by atoms with van der Waals surface area (Å²) < 4.78 is 30.6. The van der Waals surface area contributed by atoms with Gasteiger partial charge in [-0.2, -0.15) is 0 Å². The number of carbonyl (C=O) groups excluding carboxylic acids is 1. The average Bonchev–Trinajstić information content (AvgIpc) is 3.31. The molecule has 7 nitrogen and oxygen atoms in total. The summed E-state index contributed by atoms with van der Waals surface area (Å²) in [6.45, 7) is 6.46. The number of carbonyl (C=O) groups is 1. The largest absolute Gasteiger partial charge is 0.438 e. The van der Waals surface area contributed by atoms with Gasteiger partial charge in [-0.1, -0.05) is 45.0 Å². The molecule has 9 heteroatoms. The third-order valence-electron chi connectivity index (χ3n) is 4.11. The molecule has 148 valence electrons. The number of nitrogens with zero attached hydrogens (tertiary/aromatic N) is 1. The Bertz CT molecular complexity index is 1090. The van der Waals surface area contributed by atoms with Gasteiger partial charge in [-0.3, -0.25) is 10.1 Å². The van der Waals surface area contributed by atoms with Gasteiger partial charge >= 0.3 is 0 Å². The normalized spacial score (nSPS) is 12.1. The molecule has 0 saturated carbocycles. The maximum absolute atomic E-state index is 12.3. The Hall–Kier alpha value is -2.49. The number of hydrogen-bond donors (Lipinski definition) is 2. The monoisotopic (exact) mass is 419 g/mol. The highest BCUT2D eigenvalue weighted by Gasteiger charge is 2.20. The second-order valence-corrected chi connectivity index (χ2v) is 9.82. The minimum Gasteiger partial charge on any atom is -0.438 e. The first kappa shape index (κ1) is 20.2. The molecule has 0 saturated heterocycles. The van der Waals surface area contributed by atoms with Crippen molar-refractivity contribution in [1.29, 1.82) is 0 Å². The molecule has 1 amide bonds. The zero-order valence-corrected chi connectivity index (χ0v) is 17.6. The second-order valence-electron chi connectivity index (χ2n) is 7.15. The molecule has 0 fully saturated rings. The van der Waals surface area contributed by atoms with Gasteiger partial charge in [0.1, 0.15) is 0 Å². The lowest BCUT2D eigenvalue weighted by atomic mass is 9.86. The van der Waals surface area contributed by atoms with Crippen molar-refractivity contribution in [3.05, 3.63) is 53.1 Å². The summed E-state index contributed by atoms with van der Waals surface area (Å²) >= 11 is 1.28. The predicted octanol–water partition coefficient (Wildman–Crippen LogP) is 3.86. The Balaban J connectivity index is 1.73. The minimum absolute atomic E-state index is 0.0718. The van der Waals surface area contributed by atoms with Crippen LogP contribution in [0.15, 0.2) is 51.3 Å². The molecular weight excluding hydrogens is 398 g/mol. The Morgan fingerprint density at radius 3 is 2.39 bits per heavy atom. The van der Waals surface area contributed by atoms with Crippen LogP contribution < -0.4 is 10.0 Å². The Morgan fingerprint density at radius 2 is 1.79 bits per heavy atom. The standard InChI is InChI=1S/C19H21N3O4S2/c1-19(2,3)13-7-5-12(6-8-13)14-11-27-18(21-14)22-17(23)15-9-10-16(26-15)28(24,25)20-4/h5-11,20H,1-4H3,(H,21,22,23). The molecule has 28 heavy (non-hydrogen) atoms. The van der Waals surface area contributed by atoms with Gasteiger partial charge in [0.2, 0.25) is 5.09 Å². The van der Waals surface area contributed by atoms with Gasteiger partial charge in [0, 0.05) is 10.9 Å². The van der Waals surface area contributed by atoms with E-state index in [1.54, 1.807) is 0 Å². The molecule has 0 bridgehead atoms. The van der Waals surface area contributed by atoms with Crippen LogP contribution in [0.4, 0.5) is 5.13 Å². The number of furan rings is 1. The van der Waals surface area contributed by atoms with E-state index in [4.69, 9.17) is 4.42 Å². The molecule has 1 aromatic carbocycles. The number of thiazole rings is 1. The van der Waals surface area contributed by atoms with E-state index in [2.05, 4.69) is 47.9 Å². The maximum Gasteiger partial charge on any atom is 0.293 e. The van der Waals surface area contributed by atoms with Crippen LogP contribution in [0.5, 0.6) is 0 Å². The molecule has 2 N–H and O–H groups in total. The summed E-state index contributed by atoms with van der Waals surface area (Å²) in [6.07, 6.45) is 0. The molecule has 0 aliphatic carbocycles. The molecule has 0 aliphatic heterocycles. The van der Waals surface area contributed by atoms with Crippen LogP contribution in [0.2, 0.25) is 0 Å². The summed E-state index contributed by atoms with van der Waals surface area (Å²) in [5.41, 5.74) is 3.00. The lowest BCUT2D eigenvalue weighted by Gasteiger charge is -2.18. The maximum atomic E-state index is 12.3. The number of nitrogens with one attached hydrogen (secondary N) is 2. The number of rotatable bonds is 5. The van der Waals surface area contributed by atoms with Crippen molar-refractivity contribution < 1.29 is 17.6 Å². The molecule has 2 aromatic heterocycles. The quantitative estimate of drug-likeness (QED) is 0.654. The fraction of sp³-hybridized carbons (Fsp3) is 0.263. The molecule has 0 spiro atoms. The van der Waals surface area contributed by atoms with E-state index in [1.807, 2.05) is 17.5 Å². The van der Waals surface area contributed by atoms with E-state index >= 15 is 0 Å². The van der Waals surface area contributed by atoms with E-state index < -0.39 is 15.9 Å². The van der Waals surface area contributed by atoms with E-state index in [0.29, 0.717) is 5.13 Å². The number of sulfonamides is 1. The van der Waals surface area contributed by atoms with Crippen LogP contribution in [0.25, 0.3) is 11.3 Å². The third kappa shape index (κ3) is 4.32. The Morgan fingerprint density at radius 1 is 1.11 bits per heavy atom. The van der Waals surface area contributed by atoms with E-state index in [9.17, 15) is 13.2 Å². The fourth-order valence-corrected chi connectivity index (χ4v) is 3.81. The Kier molecular flexibility index (Phi) is 5.42. The van der Waals surface area contributed by atoms with Crippen molar-refractivity contribution in [2.75, 3.05) is 12.4 Å². The average molecular weight is 420 g/mol. The van der Waals surface area contributed by atoms with Crippen molar-refractivity contribution in [2.24, 2.45) is 0 Å². The SMILES string of the molecule is CNS(=O)(=O)c1ccc(C(=O)Nc2nc(-c3ccc(C(C)(C)C)cc3)cs2)o1. The summed E-state index contributed by atoms with van der Waals surface area (Å²) in [4.78, 5) is 16.7. The highest BCUT2D eigenvalue weighted by molar-refractivity contribution is 7.89. The molecular formula is C19H21N3O4S2. The van der Waals surface area contributed by atoms with E-state index in [-0.39, 0.29) is 16.3 Å². The predicted molar refractivity (Wildman–Crippen MR) is 109 cm³/mol. The van der Waals surface area contributed by atoms with Crippen molar-refractivity contribution in [3.8, 4) is 11.3 Å². The van der Waals surface area contributed by atoms with Gasteiger partial charge in [0.25, 0.3) is 15.9 Å². The first-order chi connectivity index (χ1) is 13.1. The van der Waals surface area contributed by atoms with Crippen molar-refractivity contribution >= 4 is 32.4 Å². The smallest absolute Gasteiger partial charge is 0.293 e. The van der Waals surface area contributed by atoms with Crippen molar-refractivity contribution in [2.45, 2.75) is 31.3 Å². The fourth-order valence-electron chi connectivity index (χ4n) is 2.45. The van der Waals surface area contributed by atoms with Crippen LogP contribution in [-0.2, 0) is 15.4 Å². The van der Waals surface area contributed by atoms with Crippen LogP contribution >= 0.6 is 11.3 Å². The Labute approximate surface area is 167 Å². The summed E-state index contributed by atoms with van der Waals surface area (Å²) in [7, 11) is -2.47. The molecule has 3 aromatic rings. The summed E-state index contributed by atoms with van der Waals surface area (Å²) in [5, 5.41) is 4.55. The van der Waals surface area contributed by atoms with Gasteiger partial charge < -0.3 is 4.42 Å². The number of benzene rings is 1. The van der Waals surface area contributed by atoms with Gasteiger partial charge in [-0.05, 0) is 30.2 Å². The van der Waals surface area contributed by atoms with Crippen molar-refractivity contribution in [3.63, 3.8) is 0 Å². The van der Waals surface area contributed by atoms with E-state index in [1.165, 1.54) is 36.1 Å². The topological polar surface area (TPSA) is 101 Å². The van der Waals surface area contributed by atoms with Gasteiger partial charge in [-0.15, -0.1) is 11.3 Å². The summed E-state index contributed by atoms with van der Waals surface area (Å²) in [6, 6.07) is 10.7. The molecule has 0 radical (unpaired) electrons. The second kappa shape index (κ2) is 7.50. The van der Waals surface area contributed by atoms with Crippen LogP contribution in [0.1, 0.15) is 36.9 Å². The highest BCUT2D eigenvalue weighted by Crippen LogP contribution is 2.28. The lowest BCUT2D eigenvalue weighted by molar-refractivity contribution is 0.0991. The minimum atomic E-state index is -3.74. The number of aromatic nitrogens is 1. The summed E-state index contributed by atoms with van der Waals surface area (Å²) in [5.74, 6) is -0.679. The first-order valence-corrected chi connectivity index (χ1v) is 10.9. The number of amides is 1. The molecule has 3 rings (SSSR count). The lowest BCUT2D eigenvalue weighted by Crippen LogP contribution is -2.18. The molecule has 0 atom stereocenters. The number of anilines is 1. The first-order valence-electron chi connectivity index (χ1n) is 8.51. The molecule has 0 aliphatic rings. The van der Waals surface area contributed by atoms with Crippen LogP contribution in [0.3, 0.4) is 0 Å². The van der Waals surface area contributed by atoms with Gasteiger partial charge in [0.05, 0.1) is 5.69 Å².